The van der Waals surface area contributed by atoms with Gasteiger partial charge in [-0.2, -0.15) is 0 Å². The molecule has 6 heteroatoms. The summed E-state index contributed by atoms with van der Waals surface area (Å²) in [5, 5.41) is 19.9. The zero-order chi connectivity index (χ0) is 24.3. The van der Waals surface area contributed by atoms with Crippen molar-refractivity contribution in [2.45, 2.75) is 16.2 Å². The van der Waals surface area contributed by atoms with Crippen LogP contribution in [-0.4, -0.2) is 34.1 Å². The second kappa shape index (κ2) is 12.8. The van der Waals surface area contributed by atoms with E-state index in [9.17, 15) is 10.2 Å². The van der Waals surface area contributed by atoms with Crippen LogP contribution in [0.3, 0.4) is 0 Å². The van der Waals surface area contributed by atoms with E-state index in [1.54, 1.807) is 60.2 Å². The highest BCUT2D eigenvalue weighted by atomic mass is 32.2. The molecule has 0 radical (unpaired) electrons. The van der Waals surface area contributed by atoms with E-state index >= 15 is 0 Å². The van der Waals surface area contributed by atoms with Gasteiger partial charge in [-0.1, -0.05) is 48.5 Å². The molecule has 0 amide bonds. The van der Waals surface area contributed by atoms with Crippen LogP contribution < -0.4 is 0 Å². The van der Waals surface area contributed by atoms with Gasteiger partial charge in [0.15, 0.2) is 0 Å². The molecule has 0 saturated carbocycles. The minimum atomic E-state index is 0.226. The smallest absolute Gasteiger partial charge is 0.124 e. The first kappa shape index (κ1) is 24.6. The van der Waals surface area contributed by atoms with Gasteiger partial charge in [-0.25, -0.2) is 0 Å². The maximum absolute atomic E-state index is 9.96. The zero-order valence-corrected chi connectivity index (χ0v) is 20.8. The SMILES string of the molecule is Oc1ccccc1C=Nc1ccccc1SCCCSc1ccccc1N=Cc1ccccc1O. The highest BCUT2D eigenvalue weighted by molar-refractivity contribution is 8.00. The van der Waals surface area contributed by atoms with Crippen molar-refractivity contribution in [3.63, 3.8) is 0 Å². The molecule has 0 spiro atoms. The monoisotopic (exact) mass is 498 g/mol. The molecule has 4 aromatic carbocycles. The lowest BCUT2D eigenvalue weighted by Crippen LogP contribution is -1.86. The van der Waals surface area contributed by atoms with Crippen LogP contribution in [0.25, 0.3) is 0 Å². The van der Waals surface area contributed by atoms with Gasteiger partial charge in [0.05, 0.1) is 11.4 Å². The molecule has 0 aliphatic carbocycles. The number of phenolic OH excluding ortho intramolecular Hbond substituents is 2. The Bertz CT molecular complexity index is 1220. The Kier molecular flexibility index (Phi) is 9.04. The van der Waals surface area contributed by atoms with E-state index < -0.39 is 0 Å². The highest BCUT2D eigenvalue weighted by Gasteiger charge is 2.04. The average molecular weight is 499 g/mol. The first-order chi connectivity index (χ1) is 17.2. The van der Waals surface area contributed by atoms with E-state index in [0.717, 1.165) is 39.1 Å². The van der Waals surface area contributed by atoms with Crippen LogP contribution in [0.5, 0.6) is 11.5 Å². The van der Waals surface area contributed by atoms with Crippen molar-refractivity contribution in [2.75, 3.05) is 11.5 Å². The van der Waals surface area contributed by atoms with Gasteiger partial charge >= 0.3 is 0 Å². The van der Waals surface area contributed by atoms with Gasteiger partial charge in [-0.05, 0) is 66.5 Å². The number of hydrogen-bond donors (Lipinski definition) is 2. The number of thioether (sulfide) groups is 2. The number of phenols is 2. The van der Waals surface area contributed by atoms with Crippen LogP contribution in [0.2, 0.25) is 0 Å². The van der Waals surface area contributed by atoms with Gasteiger partial charge in [0.1, 0.15) is 11.5 Å². The molecule has 0 heterocycles. The van der Waals surface area contributed by atoms with Crippen molar-refractivity contribution in [1.29, 1.82) is 0 Å². The van der Waals surface area contributed by atoms with E-state index in [1.807, 2.05) is 60.7 Å². The zero-order valence-electron chi connectivity index (χ0n) is 19.1. The number of hydrogen-bond acceptors (Lipinski definition) is 6. The van der Waals surface area contributed by atoms with Crippen LogP contribution in [0, 0.1) is 0 Å². The molecule has 0 fully saturated rings. The fraction of sp³-hybridized carbons (Fsp3) is 0.103. The number of para-hydroxylation sites is 4. The van der Waals surface area contributed by atoms with Crippen molar-refractivity contribution in [2.24, 2.45) is 9.98 Å². The highest BCUT2D eigenvalue weighted by Crippen LogP contribution is 2.33. The number of aromatic hydroxyl groups is 2. The van der Waals surface area contributed by atoms with E-state index in [1.165, 1.54) is 0 Å². The first-order valence-electron chi connectivity index (χ1n) is 11.3. The molecule has 4 rings (SSSR count). The Morgan fingerprint density at radius 3 is 1.40 bits per heavy atom. The summed E-state index contributed by atoms with van der Waals surface area (Å²) in [5.74, 6) is 2.39. The minimum Gasteiger partial charge on any atom is -0.507 e. The third kappa shape index (κ3) is 7.25. The molecule has 176 valence electrons. The summed E-state index contributed by atoms with van der Waals surface area (Å²) in [4.78, 5) is 11.4. The molecule has 4 aromatic rings. The van der Waals surface area contributed by atoms with E-state index in [0.29, 0.717) is 11.1 Å². The summed E-state index contributed by atoms with van der Waals surface area (Å²) < 4.78 is 0. The lowest BCUT2D eigenvalue weighted by atomic mass is 10.2. The molecule has 0 atom stereocenters. The summed E-state index contributed by atoms with van der Waals surface area (Å²) >= 11 is 3.58. The van der Waals surface area contributed by atoms with Gasteiger partial charge in [0.25, 0.3) is 0 Å². The van der Waals surface area contributed by atoms with Gasteiger partial charge in [-0.3, -0.25) is 9.98 Å². The molecule has 4 nitrogen and oxygen atoms in total. The molecule has 0 bridgehead atoms. The number of rotatable bonds is 10. The average Bonchev–Trinajstić information content (AvgIpc) is 2.89. The first-order valence-corrected chi connectivity index (χ1v) is 13.3. The van der Waals surface area contributed by atoms with Crippen LogP contribution >= 0.6 is 23.5 Å². The maximum Gasteiger partial charge on any atom is 0.124 e. The van der Waals surface area contributed by atoms with Crippen LogP contribution in [0.4, 0.5) is 11.4 Å². The predicted molar refractivity (Wildman–Crippen MR) is 150 cm³/mol. The standard InChI is InChI=1S/C29H26N2O2S2/c32-26-14-5-1-10-22(26)20-30-24-12-3-7-16-28(24)34-18-9-19-35-29-17-8-4-13-25(29)31-21-23-11-2-6-15-27(23)33/h1-8,10-17,20-21,32-33H,9,18-19H2. The van der Waals surface area contributed by atoms with E-state index in [4.69, 9.17) is 0 Å². The number of aliphatic imine (C=N–C) groups is 2. The van der Waals surface area contributed by atoms with Gasteiger partial charge in [0, 0.05) is 33.3 Å². The van der Waals surface area contributed by atoms with E-state index in [2.05, 4.69) is 22.1 Å². The molecular formula is C29H26N2O2S2. The van der Waals surface area contributed by atoms with Crippen LogP contribution in [0.1, 0.15) is 17.5 Å². The lowest BCUT2D eigenvalue weighted by Gasteiger charge is -2.07. The molecule has 35 heavy (non-hydrogen) atoms. The van der Waals surface area contributed by atoms with Gasteiger partial charge < -0.3 is 10.2 Å². The predicted octanol–water partition coefficient (Wildman–Crippen LogP) is 7.87. The summed E-state index contributed by atoms with van der Waals surface area (Å²) in [7, 11) is 0. The summed E-state index contributed by atoms with van der Waals surface area (Å²) in [6, 6.07) is 30.5. The fourth-order valence-corrected chi connectivity index (χ4v) is 5.35. The van der Waals surface area contributed by atoms with Crippen LogP contribution in [-0.2, 0) is 0 Å². The van der Waals surface area contributed by atoms with Crippen molar-refractivity contribution in [3.8, 4) is 11.5 Å². The van der Waals surface area contributed by atoms with E-state index in [-0.39, 0.29) is 11.5 Å². The third-order valence-corrected chi connectivity index (χ3v) is 7.39. The number of benzene rings is 4. The molecule has 0 aliphatic rings. The quantitative estimate of drug-likeness (QED) is 0.133. The van der Waals surface area contributed by atoms with Crippen molar-refractivity contribution in [1.82, 2.24) is 0 Å². The lowest BCUT2D eigenvalue weighted by molar-refractivity contribution is 0.474. The Morgan fingerprint density at radius 2 is 0.943 bits per heavy atom. The largest absolute Gasteiger partial charge is 0.507 e. The summed E-state index contributed by atoms with van der Waals surface area (Å²) in [5.41, 5.74) is 3.20. The third-order valence-electron chi connectivity index (χ3n) is 5.09. The van der Waals surface area contributed by atoms with Crippen molar-refractivity contribution >= 4 is 47.3 Å². The molecular weight excluding hydrogens is 472 g/mol. The normalized spacial score (nSPS) is 11.4. The Labute approximate surface area is 214 Å². The summed E-state index contributed by atoms with van der Waals surface area (Å²) in [6.07, 6.45) is 4.44. The fourth-order valence-electron chi connectivity index (χ4n) is 3.27. The Balaban J connectivity index is 1.31. The molecule has 0 aliphatic heterocycles. The molecule has 0 unspecified atom stereocenters. The molecule has 2 N–H and O–H groups in total. The molecule has 0 aromatic heterocycles. The molecule has 0 saturated heterocycles. The van der Waals surface area contributed by atoms with Crippen molar-refractivity contribution < 1.29 is 10.2 Å². The van der Waals surface area contributed by atoms with Crippen molar-refractivity contribution in [3.05, 3.63) is 108 Å². The van der Waals surface area contributed by atoms with Gasteiger partial charge in [0.2, 0.25) is 0 Å². The second-order valence-electron chi connectivity index (χ2n) is 7.62. The Morgan fingerprint density at radius 1 is 0.543 bits per heavy atom. The second-order valence-corrected chi connectivity index (χ2v) is 9.89. The Hall–Kier alpha value is -3.48. The topological polar surface area (TPSA) is 65.2 Å². The van der Waals surface area contributed by atoms with Gasteiger partial charge in [-0.15, -0.1) is 23.5 Å². The maximum atomic E-state index is 9.96. The summed E-state index contributed by atoms with van der Waals surface area (Å²) in [6.45, 7) is 0. The minimum absolute atomic E-state index is 0.226. The van der Waals surface area contributed by atoms with Crippen LogP contribution in [0.15, 0.2) is 117 Å². The number of nitrogens with zero attached hydrogens (tertiary/aromatic N) is 2.